The van der Waals surface area contributed by atoms with Gasteiger partial charge in [-0.1, -0.05) is 88.9 Å². The van der Waals surface area contributed by atoms with Crippen LogP contribution in [0, 0.1) is 5.41 Å². The predicted octanol–water partition coefficient (Wildman–Crippen LogP) is 7.41. The van der Waals surface area contributed by atoms with Gasteiger partial charge in [0, 0.05) is 50.4 Å². The Bertz CT molecular complexity index is 1710. The van der Waals surface area contributed by atoms with Gasteiger partial charge in [-0.25, -0.2) is 4.79 Å². The Morgan fingerprint density at radius 1 is 0.875 bits per heavy atom. The van der Waals surface area contributed by atoms with Gasteiger partial charge < -0.3 is 53.2 Å². The van der Waals surface area contributed by atoms with E-state index in [-0.39, 0.29) is 71.4 Å². The molecule has 2 aromatic rings. The van der Waals surface area contributed by atoms with Gasteiger partial charge in [-0.05, 0) is 61.4 Å². The number of unbranched alkanes of at least 4 members (excludes halogenated alkanes) is 4. The van der Waals surface area contributed by atoms with Gasteiger partial charge in [-0.15, -0.1) is 0 Å². The number of carbonyl (C=O) groups is 4. The standard InChI is InChI=1S/C49H72O15/c1-7-8-9-10-14-18-45(54)63-47-38(30-46(55)58-6)29-41(32-42(35(2)61-33-36-16-12-11-13-17-36)62-34-37-19-21-40(57-5)22-20-37)64-49(47,56)48(3,4)25-23-44(53)60-27-15-26-59-28-24-39(50)31-43(51)52/h11-13,16-17,19-22,30,35,39,41-42,47,50,56H,7-10,14-15,18,23-29,31-34H2,1-6H3,(H,51,52)/t35-,39-,41?,42-,47+,49-/m1/s1. The largest absolute Gasteiger partial charge is 0.497 e. The fraction of sp³-hybridized carbons (Fsp3) is 0.633. The molecule has 0 aromatic heterocycles. The summed E-state index contributed by atoms with van der Waals surface area (Å²) in [5.74, 6) is -4.44. The van der Waals surface area contributed by atoms with Crippen molar-refractivity contribution >= 4 is 23.9 Å². The molecule has 0 saturated carbocycles. The molecule has 1 heterocycles. The van der Waals surface area contributed by atoms with Crippen LogP contribution in [0.4, 0.5) is 0 Å². The van der Waals surface area contributed by atoms with Crippen LogP contribution < -0.4 is 4.74 Å². The molecule has 0 radical (unpaired) electrons. The van der Waals surface area contributed by atoms with E-state index in [1.807, 2.05) is 61.5 Å². The summed E-state index contributed by atoms with van der Waals surface area (Å²) >= 11 is 0. The molecule has 6 atom stereocenters. The number of methoxy groups -OCH3 is 2. The number of aliphatic hydroxyl groups is 2. The third kappa shape index (κ3) is 19.0. The van der Waals surface area contributed by atoms with Crippen LogP contribution in [0.3, 0.4) is 0 Å². The molecule has 358 valence electrons. The van der Waals surface area contributed by atoms with Gasteiger partial charge in [-0.3, -0.25) is 14.4 Å². The molecule has 64 heavy (non-hydrogen) atoms. The van der Waals surface area contributed by atoms with Crippen molar-refractivity contribution in [2.75, 3.05) is 34.0 Å². The molecule has 1 fully saturated rings. The number of carboxylic acid groups (broad SMARTS) is 1. The third-order valence-corrected chi connectivity index (χ3v) is 11.4. The van der Waals surface area contributed by atoms with Crippen LogP contribution in [0.25, 0.3) is 0 Å². The Morgan fingerprint density at radius 2 is 1.56 bits per heavy atom. The lowest BCUT2D eigenvalue weighted by Crippen LogP contribution is -2.62. The van der Waals surface area contributed by atoms with Crippen molar-refractivity contribution in [3.8, 4) is 5.75 Å². The van der Waals surface area contributed by atoms with Crippen molar-refractivity contribution in [3.63, 3.8) is 0 Å². The van der Waals surface area contributed by atoms with Gasteiger partial charge in [-0.2, -0.15) is 0 Å². The first kappa shape index (κ1) is 54.0. The van der Waals surface area contributed by atoms with E-state index in [2.05, 4.69) is 6.92 Å². The molecule has 0 spiro atoms. The second-order valence-electron chi connectivity index (χ2n) is 17.0. The van der Waals surface area contributed by atoms with Crippen LogP contribution >= 0.6 is 0 Å². The number of esters is 3. The summed E-state index contributed by atoms with van der Waals surface area (Å²) in [6.45, 7) is 8.41. The summed E-state index contributed by atoms with van der Waals surface area (Å²) in [4.78, 5) is 50.3. The number of carbonyl (C=O) groups excluding carboxylic acids is 3. The van der Waals surface area contributed by atoms with Crippen LogP contribution in [-0.4, -0.2) is 110 Å². The Hall–Kier alpha value is -4.38. The van der Waals surface area contributed by atoms with E-state index in [0.29, 0.717) is 30.8 Å². The number of aliphatic hydroxyl groups excluding tert-OH is 1. The van der Waals surface area contributed by atoms with E-state index in [1.54, 1.807) is 21.0 Å². The monoisotopic (exact) mass is 900 g/mol. The summed E-state index contributed by atoms with van der Waals surface area (Å²) in [5.41, 5.74) is 0.885. The summed E-state index contributed by atoms with van der Waals surface area (Å²) in [6.07, 6.45) is 1.91. The highest BCUT2D eigenvalue weighted by Gasteiger charge is 2.58. The minimum atomic E-state index is -2.25. The minimum absolute atomic E-state index is 0.0393. The van der Waals surface area contributed by atoms with Gasteiger partial charge >= 0.3 is 23.9 Å². The number of hydrogen-bond donors (Lipinski definition) is 3. The van der Waals surface area contributed by atoms with Gasteiger partial charge in [0.05, 0.1) is 64.9 Å². The highest BCUT2D eigenvalue weighted by Crippen LogP contribution is 2.48. The molecule has 1 aliphatic rings. The van der Waals surface area contributed by atoms with Gasteiger partial charge in [0.25, 0.3) is 0 Å². The highest BCUT2D eigenvalue weighted by molar-refractivity contribution is 5.83. The van der Waals surface area contributed by atoms with E-state index in [0.717, 1.165) is 36.8 Å². The molecule has 1 aliphatic heterocycles. The second kappa shape index (κ2) is 28.5. The van der Waals surface area contributed by atoms with Gasteiger partial charge in [0.1, 0.15) is 5.75 Å². The Labute approximate surface area is 378 Å². The zero-order valence-electron chi connectivity index (χ0n) is 38.6. The highest BCUT2D eigenvalue weighted by atomic mass is 16.7. The number of rotatable bonds is 31. The molecule has 15 nitrogen and oxygen atoms in total. The maximum Gasteiger partial charge on any atom is 0.330 e. The normalized spacial score (nSPS) is 19.7. The number of carboxylic acids is 1. The molecule has 3 rings (SSSR count). The summed E-state index contributed by atoms with van der Waals surface area (Å²) in [7, 11) is 2.84. The third-order valence-electron chi connectivity index (χ3n) is 11.4. The molecule has 1 saturated heterocycles. The quantitative estimate of drug-likeness (QED) is 0.0292. The summed E-state index contributed by atoms with van der Waals surface area (Å²) < 4.78 is 47.0. The predicted molar refractivity (Wildman–Crippen MR) is 237 cm³/mol. The van der Waals surface area contributed by atoms with Crippen LogP contribution in [0.15, 0.2) is 66.2 Å². The van der Waals surface area contributed by atoms with E-state index in [9.17, 15) is 29.4 Å². The average molecular weight is 901 g/mol. The molecular formula is C49H72O15. The molecule has 0 aliphatic carbocycles. The van der Waals surface area contributed by atoms with Crippen molar-refractivity contribution in [1.29, 1.82) is 0 Å². The first-order valence-electron chi connectivity index (χ1n) is 22.5. The fourth-order valence-electron chi connectivity index (χ4n) is 7.31. The molecule has 0 amide bonds. The Balaban J connectivity index is 1.86. The lowest BCUT2D eigenvalue weighted by atomic mass is 9.72. The number of benzene rings is 2. The average Bonchev–Trinajstić information content (AvgIpc) is 3.27. The second-order valence-corrected chi connectivity index (χ2v) is 17.0. The summed E-state index contributed by atoms with van der Waals surface area (Å²) in [6, 6.07) is 17.2. The SMILES string of the molecule is CCCCCCCC(=O)O[C@H]1C(=CC(=O)OC)CC(C[C@@H](OCc2ccc(OC)cc2)[C@@H](C)OCc2ccccc2)O[C@@]1(O)C(C)(C)CCC(=O)OCCCOCC[C@@H](O)CC(=O)O. The molecule has 3 N–H and O–H groups in total. The van der Waals surface area contributed by atoms with Crippen LogP contribution in [0.2, 0.25) is 0 Å². The maximum absolute atomic E-state index is 13.5. The van der Waals surface area contributed by atoms with E-state index in [1.165, 1.54) is 13.2 Å². The van der Waals surface area contributed by atoms with Crippen molar-refractivity contribution in [3.05, 3.63) is 77.4 Å². The molecule has 2 aromatic carbocycles. The lowest BCUT2D eigenvalue weighted by Gasteiger charge is -2.52. The first-order valence-corrected chi connectivity index (χ1v) is 22.5. The lowest BCUT2D eigenvalue weighted by molar-refractivity contribution is -0.338. The molecule has 1 unspecified atom stereocenters. The Kier molecular flexibility index (Phi) is 24.0. The number of hydrogen-bond acceptors (Lipinski definition) is 14. The number of ether oxygens (including phenoxy) is 8. The van der Waals surface area contributed by atoms with Crippen molar-refractivity contribution in [1.82, 2.24) is 0 Å². The first-order chi connectivity index (χ1) is 30.6. The van der Waals surface area contributed by atoms with Gasteiger partial charge in [0.2, 0.25) is 5.79 Å². The van der Waals surface area contributed by atoms with Crippen LogP contribution in [0.5, 0.6) is 5.75 Å². The van der Waals surface area contributed by atoms with Crippen molar-refractivity contribution < 1.29 is 72.4 Å². The van der Waals surface area contributed by atoms with Crippen LogP contribution in [-0.2, 0) is 65.5 Å². The topological polar surface area (TPSA) is 203 Å². The van der Waals surface area contributed by atoms with Crippen molar-refractivity contribution in [2.24, 2.45) is 5.41 Å². The zero-order chi connectivity index (χ0) is 47.0. The van der Waals surface area contributed by atoms with E-state index < -0.39 is 65.6 Å². The van der Waals surface area contributed by atoms with Crippen molar-refractivity contribution in [2.45, 2.75) is 161 Å². The maximum atomic E-state index is 13.5. The van der Waals surface area contributed by atoms with E-state index >= 15 is 0 Å². The molecular weight excluding hydrogens is 829 g/mol. The number of aliphatic carboxylic acids is 1. The smallest absolute Gasteiger partial charge is 0.330 e. The summed E-state index contributed by atoms with van der Waals surface area (Å²) in [5, 5.41) is 31.4. The molecule has 0 bridgehead atoms. The minimum Gasteiger partial charge on any atom is -0.497 e. The van der Waals surface area contributed by atoms with Gasteiger partial charge in [0.15, 0.2) is 6.10 Å². The van der Waals surface area contributed by atoms with Crippen LogP contribution in [0.1, 0.15) is 122 Å². The zero-order valence-corrected chi connectivity index (χ0v) is 38.6. The van der Waals surface area contributed by atoms with E-state index in [4.69, 9.17) is 43.0 Å². The molecule has 15 heteroatoms. The fourth-order valence-corrected chi connectivity index (χ4v) is 7.31. The Morgan fingerprint density at radius 3 is 2.23 bits per heavy atom.